The third kappa shape index (κ3) is 3.92. The number of rotatable bonds is 5. The lowest BCUT2D eigenvalue weighted by Crippen LogP contribution is -2.36. The van der Waals surface area contributed by atoms with Crippen molar-refractivity contribution in [1.82, 2.24) is 15.6 Å². The summed E-state index contributed by atoms with van der Waals surface area (Å²) in [5.74, 6) is 2.34. The zero-order valence-electron chi connectivity index (χ0n) is 13.3. The molecule has 0 atom stereocenters. The second kappa shape index (κ2) is 7.32. The number of guanidine groups is 1. The van der Waals surface area contributed by atoms with Crippen LogP contribution in [0.15, 0.2) is 29.4 Å². The molecule has 7 heteroatoms. The highest BCUT2D eigenvalue weighted by Gasteiger charge is 2.13. The van der Waals surface area contributed by atoms with E-state index in [1.807, 2.05) is 24.4 Å². The molecule has 0 aliphatic carbocycles. The van der Waals surface area contributed by atoms with Crippen LogP contribution in [0.25, 0.3) is 0 Å². The number of nitrogens with one attached hydrogen (secondary N) is 2. The molecule has 6 nitrogen and oxygen atoms in total. The minimum atomic E-state index is 0.295. The molecule has 1 aliphatic rings. The number of aromatic nitrogens is 1. The predicted molar refractivity (Wildman–Crippen MR) is 91.1 cm³/mol. The van der Waals surface area contributed by atoms with Gasteiger partial charge in [-0.25, -0.2) is 4.98 Å². The maximum absolute atomic E-state index is 5.39. The molecule has 0 fully saturated rings. The molecule has 0 bridgehead atoms. The Morgan fingerprint density at radius 1 is 1.26 bits per heavy atom. The first-order valence-corrected chi connectivity index (χ1v) is 8.36. The van der Waals surface area contributed by atoms with Gasteiger partial charge in [-0.05, 0) is 24.1 Å². The fourth-order valence-corrected chi connectivity index (χ4v) is 3.01. The molecule has 1 aromatic heterocycles. The zero-order valence-corrected chi connectivity index (χ0v) is 14.1. The van der Waals surface area contributed by atoms with Crippen molar-refractivity contribution in [2.45, 2.75) is 26.4 Å². The minimum Gasteiger partial charge on any atom is -0.454 e. The second-order valence-corrected chi connectivity index (χ2v) is 6.24. The first-order chi connectivity index (χ1) is 11.3. The molecule has 3 rings (SSSR count). The number of nitrogens with zero attached hydrogens (tertiary/aromatic N) is 2. The van der Waals surface area contributed by atoms with Crippen molar-refractivity contribution in [1.29, 1.82) is 0 Å². The monoisotopic (exact) mass is 332 g/mol. The van der Waals surface area contributed by atoms with Crippen LogP contribution in [-0.2, 0) is 19.5 Å². The lowest BCUT2D eigenvalue weighted by molar-refractivity contribution is 0.174. The van der Waals surface area contributed by atoms with Gasteiger partial charge in [-0.2, -0.15) is 0 Å². The van der Waals surface area contributed by atoms with Crippen LogP contribution in [0.2, 0.25) is 0 Å². The lowest BCUT2D eigenvalue weighted by atomic mass is 10.2. The van der Waals surface area contributed by atoms with Gasteiger partial charge in [0.05, 0.1) is 6.54 Å². The molecule has 0 saturated carbocycles. The van der Waals surface area contributed by atoms with Crippen LogP contribution >= 0.6 is 11.3 Å². The molecule has 0 amide bonds. The molecule has 0 radical (unpaired) electrons. The van der Waals surface area contributed by atoms with Crippen molar-refractivity contribution in [3.8, 4) is 11.5 Å². The van der Waals surface area contributed by atoms with E-state index in [1.54, 1.807) is 18.4 Å². The summed E-state index contributed by atoms with van der Waals surface area (Å²) in [7, 11) is 1.76. The highest BCUT2D eigenvalue weighted by molar-refractivity contribution is 7.11. The maximum atomic E-state index is 5.39. The van der Waals surface area contributed by atoms with E-state index < -0.39 is 0 Å². The van der Waals surface area contributed by atoms with Crippen LogP contribution in [0.3, 0.4) is 0 Å². The van der Waals surface area contributed by atoms with Crippen LogP contribution in [0.4, 0.5) is 0 Å². The average molecular weight is 332 g/mol. The second-order valence-electron chi connectivity index (χ2n) is 5.04. The summed E-state index contributed by atoms with van der Waals surface area (Å²) in [5, 5.41) is 7.63. The van der Waals surface area contributed by atoms with Crippen LogP contribution in [0.1, 0.15) is 22.4 Å². The topological polar surface area (TPSA) is 67.8 Å². The quantitative estimate of drug-likeness (QED) is 0.649. The molecule has 2 N–H and O–H groups in total. The smallest absolute Gasteiger partial charge is 0.231 e. The fourth-order valence-electron chi connectivity index (χ4n) is 2.21. The van der Waals surface area contributed by atoms with Crippen molar-refractivity contribution < 1.29 is 9.47 Å². The van der Waals surface area contributed by atoms with E-state index in [4.69, 9.17) is 9.47 Å². The van der Waals surface area contributed by atoms with Crippen LogP contribution < -0.4 is 20.1 Å². The van der Waals surface area contributed by atoms with E-state index in [0.29, 0.717) is 19.9 Å². The van der Waals surface area contributed by atoms with Crippen LogP contribution in [0.5, 0.6) is 11.5 Å². The van der Waals surface area contributed by atoms with Gasteiger partial charge >= 0.3 is 0 Å². The summed E-state index contributed by atoms with van der Waals surface area (Å²) >= 11 is 1.73. The van der Waals surface area contributed by atoms with Crippen LogP contribution in [-0.4, -0.2) is 24.8 Å². The Morgan fingerprint density at radius 2 is 2.09 bits per heavy atom. The van der Waals surface area contributed by atoms with Gasteiger partial charge in [0.25, 0.3) is 0 Å². The van der Waals surface area contributed by atoms with Gasteiger partial charge < -0.3 is 20.1 Å². The minimum absolute atomic E-state index is 0.295. The van der Waals surface area contributed by atoms with Gasteiger partial charge in [-0.1, -0.05) is 13.0 Å². The van der Waals surface area contributed by atoms with Crippen molar-refractivity contribution in [2.75, 3.05) is 13.8 Å². The van der Waals surface area contributed by atoms with Crippen LogP contribution in [0, 0.1) is 0 Å². The highest BCUT2D eigenvalue weighted by Crippen LogP contribution is 2.32. The normalized spacial score (nSPS) is 13.2. The Morgan fingerprint density at radius 3 is 2.87 bits per heavy atom. The van der Waals surface area contributed by atoms with Gasteiger partial charge in [0.1, 0.15) is 5.01 Å². The van der Waals surface area contributed by atoms with E-state index in [2.05, 4.69) is 27.5 Å². The number of aryl methyl sites for hydroxylation is 1. The summed E-state index contributed by atoms with van der Waals surface area (Å²) in [5.41, 5.74) is 1.11. The van der Waals surface area contributed by atoms with Gasteiger partial charge in [0.15, 0.2) is 17.5 Å². The highest BCUT2D eigenvalue weighted by atomic mass is 32.1. The molecule has 1 aliphatic heterocycles. The maximum Gasteiger partial charge on any atom is 0.231 e. The molecule has 122 valence electrons. The number of ether oxygens (including phenoxy) is 2. The number of hydrogen-bond donors (Lipinski definition) is 2. The molecule has 0 spiro atoms. The third-order valence-electron chi connectivity index (χ3n) is 3.48. The Labute approximate surface area is 139 Å². The van der Waals surface area contributed by atoms with E-state index >= 15 is 0 Å². The van der Waals surface area contributed by atoms with Crippen molar-refractivity contribution in [3.05, 3.63) is 39.8 Å². The molecule has 2 aromatic rings. The first-order valence-electron chi connectivity index (χ1n) is 7.55. The number of fused-ring (bicyclic) bond motifs is 1. The van der Waals surface area contributed by atoms with Gasteiger partial charge in [-0.15, -0.1) is 11.3 Å². The molecular weight excluding hydrogens is 312 g/mol. The summed E-state index contributed by atoms with van der Waals surface area (Å²) in [6, 6.07) is 5.93. The molecule has 2 heterocycles. The Kier molecular flexibility index (Phi) is 4.97. The predicted octanol–water partition coefficient (Wildman–Crippen LogP) is 2.30. The zero-order chi connectivity index (χ0) is 16.1. The van der Waals surface area contributed by atoms with E-state index in [1.165, 1.54) is 4.88 Å². The Bertz CT molecular complexity index is 699. The number of hydrogen-bond acceptors (Lipinski definition) is 5. The van der Waals surface area contributed by atoms with E-state index in [0.717, 1.165) is 34.5 Å². The van der Waals surface area contributed by atoms with Crippen molar-refractivity contribution in [3.63, 3.8) is 0 Å². The molecule has 0 saturated heterocycles. The molecular formula is C16H20N4O2S. The number of benzene rings is 1. The number of aliphatic imine (C=N–C) groups is 1. The molecule has 23 heavy (non-hydrogen) atoms. The van der Waals surface area contributed by atoms with Gasteiger partial charge in [0.2, 0.25) is 6.79 Å². The average Bonchev–Trinajstić information content (AvgIpc) is 3.23. The van der Waals surface area contributed by atoms with Gasteiger partial charge in [0, 0.05) is 24.7 Å². The standard InChI is InChI=1S/C16H20N4O2S/c1-3-12-8-18-15(23-12)9-20-16(17-2)19-7-11-4-5-13-14(6-11)22-10-21-13/h4-6,8H,3,7,9-10H2,1-2H3,(H2,17,19,20). The number of thiazole rings is 1. The summed E-state index contributed by atoms with van der Waals surface area (Å²) < 4.78 is 10.7. The fraction of sp³-hybridized carbons (Fsp3) is 0.375. The SMILES string of the molecule is CCc1cnc(CNC(=NC)NCc2ccc3c(c2)OCO3)s1. The lowest BCUT2D eigenvalue weighted by Gasteiger charge is -2.11. The summed E-state index contributed by atoms with van der Waals surface area (Å²) in [6.07, 6.45) is 2.96. The first kappa shape index (κ1) is 15.6. The largest absolute Gasteiger partial charge is 0.454 e. The van der Waals surface area contributed by atoms with Crippen molar-refractivity contribution in [2.24, 2.45) is 4.99 Å². The summed E-state index contributed by atoms with van der Waals surface area (Å²) in [6.45, 7) is 3.76. The Balaban J connectivity index is 1.51. The molecule has 1 aromatic carbocycles. The van der Waals surface area contributed by atoms with Gasteiger partial charge in [-0.3, -0.25) is 4.99 Å². The van der Waals surface area contributed by atoms with E-state index in [-0.39, 0.29) is 0 Å². The van der Waals surface area contributed by atoms with Crippen molar-refractivity contribution >= 4 is 17.3 Å². The third-order valence-corrected chi connectivity index (χ3v) is 4.62. The van der Waals surface area contributed by atoms with E-state index in [9.17, 15) is 0 Å². The Hall–Kier alpha value is -2.28. The summed E-state index contributed by atoms with van der Waals surface area (Å²) in [4.78, 5) is 9.92. The molecule has 0 unspecified atom stereocenters.